The number of carboxylic acid groups (broad SMARTS) is 1. The lowest BCUT2D eigenvalue weighted by molar-refractivity contribution is -0.582. The molecular weight excluding hydrogens is 476 g/mol. The van der Waals surface area contributed by atoms with Crippen molar-refractivity contribution >= 4 is 42.0 Å². The lowest BCUT2D eigenvalue weighted by atomic mass is 9.86. The summed E-state index contributed by atoms with van der Waals surface area (Å²) in [6.45, 7) is 12.4. The third kappa shape index (κ3) is 3.62. The van der Waals surface area contributed by atoms with Gasteiger partial charge in [-0.05, 0) is 76.3 Å². The Morgan fingerprint density at radius 1 is 1.05 bits per heavy atom. The van der Waals surface area contributed by atoms with E-state index in [1.54, 1.807) is 18.2 Å². The molecule has 6 rings (SSSR count). The summed E-state index contributed by atoms with van der Waals surface area (Å²) in [7, 11) is -2.36. The van der Waals surface area contributed by atoms with Crippen LogP contribution in [0.4, 0.5) is 5.69 Å². The number of carbonyl (C=O) groups excluding carboxylic acids is 1. The Hall–Kier alpha value is -3.77. The second-order valence-electron chi connectivity index (χ2n) is 10.5. The van der Waals surface area contributed by atoms with Gasteiger partial charge in [0.1, 0.15) is 21.2 Å². The van der Waals surface area contributed by atoms with Gasteiger partial charge in [0.05, 0.1) is 12.0 Å². The quantitative estimate of drug-likeness (QED) is 0.367. The van der Waals surface area contributed by atoms with Gasteiger partial charge in [-0.3, -0.25) is 4.79 Å². The molecule has 1 unspecified atom stereocenters. The second kappa shape index (κ2) is 8.66. The van der Waals surface area contributed by atoms with Crippen LogP contribution in [-0.2, 0) is 0 Å². The largest absolute Gasteiger partial charge is 0.478 e. The van der Waals surface area contributed by atoms with E-state index in [-0.39, 0.29) is 11.3 Å². The molecule has 5 nitrogen and oxygen atoms in total. The molecule has 2 aromatic rings. The number of allylic oxidation sites excluding steroid dienone is 5. The first-order valence-electron chi connectivity index (χ1n) is 13.0. The van der Waals surface area contributed by atoms with E-state index in [0.717, 1.165) is 42.9 Å². The van der Waals surface area contributed by atoms with Crippen LogP contribution in [0, 0.1) is 0 Å². The summed E-state index contributed by atoms with van der Waals surface area (Å²) in [4.78, 5) is 27.2. The molecule has 3 heterocycles. The summed E-state index contributed by atoms with van der Waals surface area (Å²) < 4.78 is 2.39. The number of carboxylic acids is 1. The molecule has 1 aliphatic carbocycles. The molecule has 0 amide bonds. The van der Waals surface area contributed by atoms with E-state index in [4.69, 9.17) is 0 Å². The van der Waals surface area contributed by atoms with Crippen LogP contribution < -0.4 is 10.1 Å². The second-order valence-corrected chi connectivity index (χ2v) is 14.4. The SMILES string of the molecule is C=C[Si]1(C)C2=CC(=[N+]3CCC3)C=CC2=C(c2cc(C(C)=O)ccc2C(=O)O)c2ccc(N3CCC3)cc21. The maximum Gasteiger partial charge on any atom is 0.336 e. The van der Waals surface area contributed by atoms with Crippen LogP contribution >= 0.6 is 0 Å². The Bertz CT molecular complexity index is 1520. The minimum atomic E-state index is -2.36. The van der Waals surface area contributed by atoms with E-state index in [2.05, 4.69) is 64.7 Å². The summed E-state index contributed by atoms with van der Waals surface area (Å²) in [6.07, 6.45) is 9.03. The highest BCUT2D eigenvalue weighted by atomic mass is 28.3. The highest BCUT2D eigenvalue weighted by Crippen LogP contribution is 2.43. The topological polar surface area (TPSA) is 60.6 Å². The van der Waals surface area contributed by atoms with Gasteiger partial charge in [-0.1, -0.05) is 24.4 Å². The van der Waals surface area contributed by atoms with Gasteiger partial charge < -0.3 is 10.0 Å². The molecule has 6 heteroatoms. The van der Waals surface area contributed by atoms with Crippen molar-refractivity contribution < 1.29 is 19.3 Å². The molecule has 0 radical (unpaired) electrons. The number of rotatable bonds is 5. The van der Waals surface area contributed by atoms with Gasteiger partial charge in [0.2, 0.25) is 0 Å². The number of fused-ring (bicyclic) bond motifs is 2. The third-order valence-electron chi connectivity index (χ3n) is 8.44. The number of hydrogen-bond acceptors (Lipinski definition) is 3. The Morgan fingerprint density at radius 3 is 2.43 bits per heavy atom. The van der Waals surface area contributed by atoms with Gasteiger partial charge in [-0.15, -0.1) is 6.58 Å². The van der Waals surface area contributed by atoms with Gasteiger partial charge in [-0.2, -0.15) is 0 Å². The first-order valence-corrected chi connectivity index (χ1v) is 15.6. The van der Waals surface area contributed by atoms with E-state index in [9.17, 15) is 14.7 Å². The van der Waals surface area contributed by atoms with Gasteiger partial charge in [0, 0.05) is 36.5 Å². The molecule has 0 bridgehead atoms. The van der Waals surface area contributed by atoms with Crippen LogP contribution in [-0.4, -0.2) is 61.4 Å². The van der Waals surface area contributed by atoms with Crippen LogP contribution in [0.1, 0.15) is 51.6 Å². The zero-order chi connectivity index (χ0) is 25.9. The van der Waals surface area contributed by atoms with Crippen molar-refractivity contribution in [3.05, 3.63) is 99.9 Å². The molecule has 2 saturated heterocycles. The van der Waals surface area contributed by atoms with Crippen LogP contribution in [0.25, 0.3) is 5.57 Å². The monoisotopic (exact) mass is 507 g/mol. The van der Waals surface area contributed by atoms with E-state index in [1.807, 2.05) is 0 Å². The average molecular weight is 508 g/mol. The molecule has 186 valence electrons. The molecule has 1 N–H and O–H groups in total. The van der Waals surface area contributed by atoms with E-state index in [0.29, 0.717) is 11.1 Å². The average Bonchev–Trinajstić information content (AvgIpc) is 2.82. The standard InChI is InChI=1S/C31H30N2O3Si/c1-4-37(3)28-18-22(32-13-5-14-32)8-11-25(28)30(26-12-9-23(19-29(26)37)33-15-6-16-33)27-17-21(20(2)34)7-10-24(27)31(35)36/h4,7-12,17-19H,1,5-6,13-16H2,2-3H3/p+1. The predicted molar refractivity (Wildman–Crippen MR) is 151 cm³/mol. The Kier molecular flexibility index (Phi) is 5.53. The van der Waals surface area contributed by atoms with Crippen molar-refractivity contribution in [1.29, 1.82) is 0 Å². The van der Waals surface area contributed by atoms with Crippen LogP contribution in [0.15, 0.2) is 77.7 Å². The highest BCUT2D eigenvalue weighted by Gasteiger charge is 2.43. The van der Waals surface area contributed by atoms with Crippen LogP contribution in [0.2, 0.25) is 6.55 Å². The predicted octanol–water partition coefficient (Wildman–Crippen LogP) is 4.52. The fraction of sp³-hybridized carbons (Fsp3) is 0.258. The number of anilines is 1. The number of nitrogens with zero attached hydrogens (tertiary/aromatic N) is 2. The van der Waals surface area contributed by atoms with Gasteiger partial charge >= 0.3 is 5.97 Å². The lowest BCUT2D eigenvalue weighted by Gasteiger charge is -2.40. The highest BCUT2D eigenvalue weighted by molar-refractivity contribution is 7.02. The number of carbonyl (C=O) groups is 2. The molecule has 37 heavy (non-hydrogen) atoms. The molecular formula is C31H31N2O3Si+. The van der Waals surface area contributed by atoms with Crippen molar-refractivity contribution in [3.63, 3.8) is 0 Å². The number of hydrogen-bond donors (Lipinski definition) is 1. The van der Waals surface area contributed by atoms with Crippen LogP contribution in [0.5, 0.6) is 0 Å². The number of Topliss-reactive ketones (excluding diaryl/α,β-unsaturated/α-hetero) is 1. The van der Waals surface area contributed by atoms with Gasteiger partial charge in [0.15, 0.2) is 11.5 Å². The first kappa shape index (κ1) is 23.6. The normalized spacial score (nSPS) is 22.0. The Labute approximate surface area is 218 Å². The van der Waals surface area contributed by atoms with Crippen LogP contribution in [0.3, 0.4) is 0 Å². The van der Waals surface area contributed by atoms with E-state index >= 15 is 0 Å². The van der Waals surface area contributed by atoms with Crippen molar-refractivity contribution in [3.8, 4) is 0 Å². The molecule has 2 fully saturated rings. The van der Waals surface area contributed by atoms with Crippen molar-refractivity contribution in [2.24, 2.45) is 0 Å². The first-order chi connectivity index (χ1) is 17.8. The zero-order valence-electron chi connectivity index (χ0n) is 21.4. The minimum absolute atomic E-state index is 0.0818. The number of aromatic carboxylic acids is 1. The molecule has 4 aliphatic rings. The summed E-state index contributed by atoms with van der Waals surface area (Å²) in [5.74, 6) is -1.08. The molecule has 2 aromatic carbocycles. The maximum absolute atomic E-state index is 12.4. The zero-order valence-corrected chi connectivity index (χ0v) is 22.4. The smallest absolute Gasteiger partial charge is 0.336 e. The Balaban J connectivity index is 1.69. The fourth-order valence-corrected chi connectivity index (χ4v) is 9.02. The summed E-state index contributed by atoms with van der Waals surface area (Å²) in [5, 5.41) is 12.7. The summed E-state index contributed by atoms with van der Waals surface area (Å²) in [5.41, 5.74) is 8.88. The molecule has 0 spiro atoms. The Morgan fingerprint density at radius 2 is 1.84 bits per heavy atom. The minimum Gasteiger partial charge on any atom is -0.478 e. The van der Waals surface area contributed by atoms with Gasteiger partial charge in [0.25, 0.3) is 0 Å². The maximum atomic E-state index is 12.4. The fourth-order valence-electron chi connectivity index (χ4n) is 5.86. The number of ketones is 1. The summed E-state index contributed by atoms with van der Waals surface area (Å²) >= 11 is 0. The molecule has 0 saturated carbocycles. The van der Waals surface area contributed by atoms with Crippen molar-refractivity contribution in [1.82, 2.24) is 0 Å². The number of benzene rings is 2. The van der Waals surface area contributed by atoms with Gasteiger partial charge in [-0.25, -0.2) is 9.37 Å². The molecule has 1 atom stereocenters. The van der Waals surface area contributed by atoms with Crippen molar-refractivity contribution in [2.45, 2.75) is 26.3 Å². The van der Waals surface area contributed by atoms with E-state index < -0.39 is 14.0 Å². The van der Waals surface area contributed by atoms with E-state index in [1.165, 1.54) is 41.5 Å². The summed E-state index contributed by atoms with van der Waals surface area (Å²) in [6, 6.07) is 11.6. The lowest BCUT2D eigenvalue weighted by Crippen LogP contribution is -2.51. The van der Waals surface area contributed by atoms with Crippen molar-refractivity contribution in [2.75, 3.05) is 31.1 Å². The molecule has 3 aliphatic heterocycles. The molecule has 0 aromatic heterocycles. The third-order valence-corrected chi connectivity index (χ3v) is 12.3.